The van der Waals surface area contributed by atoms with Gasteiger partial charge in [-0.25, -0.2) is 0 Å². The van der Waals surface area contributed by atoms with E-state index in [4.69, 9.17) is 14.2 Å². The molecule has 1 aliphatic carbocycles. The molecule has 2 fully saturated rings. The SMILES string of the molecule is COC1C(C)C2OC(O)C2C1OC. The first-order valence-electron chi connectivity index (χ1n) is 4.59. The van der Waals surface area contributed by atoms with Crippen molar-refractivity contribution < 1.29 is 19.3 Å². The smallest absolute Gasteiger partial charge is 0.162 e. The molecule has 1 N–H and O–H groups in total. The highest BCUT2D eigenvalue weighted by molar-refractivity contribution is 5.04. The van der Waals surface area contributed by atoms with Gasteiger partial charge in [-0.1, -0.05) is 6.92 Å². The van der Waals surface area contributed by atoms with E-state index < -0.39 is 6.29 Å². The predicted octanol–water partition coefficient (Wildman–Crippen LogP) is -0.000500. The summed E-state index contributed by atoms with van der Waals surface area (Å²) in [6.45, 7) is 2.07. The monoisotopic (exact) mass is 188 g/mol. The first-order chi connectivity index (χ1) is 6.20. The van der Waals surface area contributed by atoms with E-state index in [-0.39, 0.29) is 24.2 Å². The fourth-order valence-corrected chi connectivity index (χ4v) is 2.58. The van der Waals surface area contributed by atoms with Crippen LogP contribution in [0.1, 0.15) is 6.92 Å². The van der Waals surface area contributed by atoms with Crippen molar-refractivity contribution in [2.45, 2.75) is 31.5 Å². The molecule has 1 aliphatic heterocycles. The zero-order chi connectivity index (χ0) is 9.59. The lowest BCUT2D eigenvalue weighted by molar-refractivity contribution is -0.292. The van der Waals surface area contributed by atoms with Crippen LogP contribution in [0.3, 0.4) is 0 Å². The van der Waals surface area contributed by atoms with E-state index in [0.717, 1.165) is 0 Å². The van der Waals surface area contributed by atoms with Gasteiger partial charge in [0, 0.05) is 20.1 Å². The van der Waals surface area contributed by atoms with E-state index >= 15 is 0 Å². The lowest BCUT2D eigenvalue weighted by atomic mass is 9.95. The number of methoxy groups -OCH3 is 2. The summed E-state index contributed by atoms with van der Waals surface area (Å²) in [6, 6.07) is 0. The van der Waals surface area contributed by atoms with Gasteiger partial charge in [0.25, 0.3) is 0 Å². The number of hydrogen-bond acceptors (Lipinski definition) is 4. The molecule has 13 heavy (non-hydrogen) atoms. The zero-order valence-corrected chi connectivity index (χ0v) is 8.14. The Morgan fingerprint density at radius 2 is 1.77 bits per heavy atom. The first kappa shape index (κ1) is 9.40. The summed E-state index contributed by atoms with van der Waals surface area (Å²) < 4.78 is 15.9. The molecule has 76 valence electrons. The third-order valence-electron chi connectivity index (χ3n) is 3.29. The highest BCUT2D eigenvalue weighted by Crippen LogP contribution is 2.46. The second-order valence-corrected chi connectivity index (χ2v) is 3.83. The average Bonchev–Trinajstić information content (AvgIpc) is 2.33. The lowest BCUT2D eigenvalue weighted by Gasteiger charge is -2.40. The van der Waals surface area contributed by atoms with Gasteiger partial charge in [0.05, 0.1) is 24.2 Å². The van der Waals surface area contributed by atoms with E-state index in [1.807, 2.05) is 0 Å². The number of ether oxygens (including phenoxy) is 3. The van der Waals surface area contributed by atoms with Crippen molar-refractivity contribution in [3.8, 4) is 0 Å². The van der Waals surface area contributed by atoms with Crippen molar-refractivity contribution in [2.75, 3.05) is 14.2 Å². The minimum absolute atomic E-state index is 0.0336. The molecule has 0 aromatic carbocycles. The van der Waals surface area contributed by atoms with Crippen LogP contribution in [0.5, 0.6) is 0 Å². The van der Waals surface area contributed by atoms with Gasteiger partial charge < -0.3 is 19.3 Å². The Balaban J connectivity index is 2.14. The van der Waals surface area contributed by atoms with Gasteiger partial charge in [-0.3, -0.25) is 0 Å². The topological polar surface area (TPSA) is 47.9 Å². The Labute approximate surface area is 77.8 Å². The fraction of sp³-hybridized carbons (Fsp3) is 1.00. The lowest BCUT2D eigenvalue weighted by Crippen LogP contribution is -2.51. The fourth-order valence-electron chi connectivity index (χ4n) is 2.58. The molecule has 1 saturated heterocycles. The molecule has 4 nitrogen and oxygen atoms in total. The van der Waals surface area contributed by atoms with Crippen molar-refractivity contribution in [3.05, 3.63) is 0 Å². The molecule has 4 heteroatoms. The molecule has 0 radical (unpaired) electrons. The van der Waals surface area contributed by atoms with Crippen LogP contribution in [0, 0.1) is 11.8 Å². The molecule has 2 rings (SSSR count). The molecule has 1 heterocycles. The number of hydrogen-bond donors (Lipinski definition) is 1. The van der Waals surface area contributed by atoms with Crippen LogP contribution in [0.2, 0.25) is 0 Å². The van der Waals surface area contributed by atoms with Gasteiger partial charge >= 0.3 is 0 Å². The van der Waals surface area contributed by atoms with E-state index in [0.29, 0.717) is 5.92 Å². The maximum Gasteiger partial charge on any atom is 0.162 e. The molecule has 6 unspecified atom stereocenters. The van der Waals surface area contributed by atoms with E-state index in [1.165, 1.54) is 0 Å². The molecule has 0 bridgehead atoms. The number of aliphatic hydroxyl groups excluding tert-OH is 1. The van der Waals surface area contributed by atoms with Gasteiger partial charge in [-0.2, -0.15) is 0 Å². The summed E-state index contributed by atoms with van der Waals surface area (Å²) in [4.78, 5) is 0. The molecule has 6 atom stereocenters. The summed E-state index contributed by atoms with van der Waals surface area (Å²) >= 11 is 0. The average molecular weight is 188 g/mol. The zero-order valence-electron chi connectivity index (χ0n) is 8.14. The second kappa shape index (κ2) is 3.20. The van der Waals surface area contributed by atoms with E-state index in [9.17, 15) is 5.11 Å². The minimum atomic E-state index is -0.669. The maximum atomic E-state index is 9.39. The summed E-state index contributed by atoms with van der Waals surface area (Å²) in [6.07, 6.45) is -0.562. The number of aliphatic hydroxyl groups is 1. The van der Waals surface area contributed by atoms with Crippen molar-refractivity contribution in [1.82, 2.24) is 0 Å². The van der Waals surface area contributed by atoms with Gasteiger partial charge in [0.15, 0.2) is 6.29 Å². The Hall–Kier alpha value is -0.160. The summed E-state index contributed by atoms with van der Waals surface area (Å²) in [5.41, 5.74) is 0. The van der Waals surface area contributed by atoms with Crippen LogP contribution in [0.25, 0.3) is 0 Å². The van der Waals surface area contributed by atoms with Crippen molar-refractivity contribution in [1.29, 1.82) is 0 Å². The maximum absolute atomic E-state index is 9.39. The van der Waals surface area contributed by atoms with Gasteiger partial charge in [0.2, 0.25) is 0 Å². The molecule has 1 saturated carbocycles. The quantitative estimate of drug-likeness (QED) is 0.662. The molecule has 0 aromatic heterocycles. The number of rotatable bonds is 2. The Morgan fingerprint density at radius 3 is 2.23 bits per heavy atom. The van der Waals surface area contributed by atoms with Crippen LogP contribution >= 0.6 is 0 Å². The normalized spacial score (nSPS) is 54.5. The van der Waals surface area contributed by atoms with Crippen molar-refractivity contribution in [2.24, 2.45) is 11.8 Å². The van der Waals surface area contributed by atoms with Crippen LogP contribution in [-0.4, -0.2) is 43.9 Å². The Kier molecular flexibility index (Phi) is 2.32. The van der Waals surface area contributed by atoms with Crippen LogP contribution < -0.4 is 0 Å². The van der Waals surface area contributed by atoms with Crippen molar-refractivity contribution in [3.63, 3.8) is 0 Å². The third-order valence-corrected chi connectivity index (χ3v) is 3.29. The van der Waals surface area contributed by atoms with Crippen molar-refractivity contribution >= 4 is 0 Å². The highest BCUT2D eigenvalue weighted by atomic mass is 16.6. The highest BCUT2D eigenvalue weighted by Gasteiger charge is 2.59. The van der Waals surface area contributed by atoms with Crippen LogP contribution in [-0.2, 0) is 14.2 Å². The second-order valence-electron chi connectivity index (χ2n) is 3.83. The standard InChI is InChI=1S/C9H16O4/c1-4-6-5(9(10)13-6)8(12-3)7(4)11-2/h4-10H,1-3H3. The minimum Gasteiger partial charge on any atom is -0.378 e. The Morgan fingerprint density at radius 1 is 1.15 bits per heavy atom. The van der Waals surface area contributed by atoms with E-state index in [1.54, 1.807) is 14.2 Å². The largest absolute Gasteiger partial charge is 0.378 e. The summed E-state index contributed by atoms with van der Waals surface area (Å²) in [5.74, 6) is 0.383. The number of fused-ring (bicyclic) bond motifs is 1. The third kappa shape index (κ3) is 1.13. The molecule has 0 aromatic rings. The van der Waals surface area contributed by atoms with Crippen LogP contribution in [0.15, 0.2) is 0 Å². The van der Waals surface area contributed by atoms with E-state index in [2.05, 4.69) is 6.92 Å². The molecule has 0 spiro atoms. The van der Waals surface area contributed by atoms with Gasteiger partial charge in [0.1, 0.15) is 0 Å². The summed E-state index contributed by atoms with van der Waals surface area (Å²) in [7, 11) is 3.32. The van der Waals surface area contributed by atoms with Gasteiger partial charge in [-0.05, 0) is 0 Å². The van der Waals surface area contributed by atoms with Crippen LogP contribution in [0.4, 0.5) is 0 Å². The molecule has 0 amide bonds. The molecular weight excluding hydrogens is 172 g/mol. The first-order valence-corrected chi connectivity index (χ1v) is 4.59. The molecule has 2 aliphatic rings. The summed E-state index contributed by atoms with van der Waals surface area (Å²) in [5, 5.41) is 9.39. The Bertz CT molecular complexity index is 190. The van der Waals surface area contributed by atoms with Gasteiger partial charge in [-0.15, -0.1) is 0 Å². The molecular formula is C9H16O4. The predicted molar refractivity (Wildman–Crippen MR) is 45.1 cm³/mol.